The van der Waals surface area contributed by atoms with Gasteiger partial charge in [0.25, 0.3) is 0 Å². The van der Waals surface area contributed by atoms with Crippen LogP contribution < -0.4 is 9.47 Å². The number of benzene rings is 1. The van der Waals surface area contributed by atoms with Crippen molar-refractivity contribution in [1.29, 1.82) is 0 Å². The summed E-state index contributed by atoms with van der Waals surface area (Å²) in [5.41, 5.74) is 1.19. The van der Waals surface area contributed by atoms with E-state index in [9.17, 15) is 4.79 Å². The van der Waals surface area contributed by atoms with Crippen molar-refractivity contribution in [1.82, 2.24) is 4.90 Å². The van der Waals surface area contributed by atoms with E-state index in [1.807, 2.05) is 6.07 Å². The summed E-state index contributed by atoms with van der Waals surface area (Å²) >= 11 is 0. The van der Waals surface area contributed by atoms with Gasteiger partial charge in [-0.25, -0.2) is 0 Å². The van der Waals surface area contributed by atoms with Gasteiger partial charge in [-0.2, -0.15) is 0 Å². The minimum absolute atomic E-state index is 0.202. The third kappa shape index (κ3) is 3.99. The molecule has 1 aromatic rings. The molecule has 1 saturated carbocycles. The fourth-order valence-electron chi connectivity index (χ4n) is 4.84. The first-order chi connectivity index (χ1) is 12.8. The molecule has 0 bridgehead atoms. The molecule has 1 aromatic carbocycles. The van der Waals surface area contributed by atoms with Gasteiger partial charge in [0.15, 0.2) is 11.5 Å². The van der Waals surface area contributed by atoms with Crippen LogP contribution in [0.4, 0.5) is 0 Å². The summed E-state index contributed by atoms with van der Waals surface area (Å²) in [6, 6.07) is 6.37. The Morgan fingerprint density at radius 2 is 1.81 bits per heavy atom. The average Bonchev–Trinajstić information content (AvgIpc) is 3.18. The Kier molecular flexibility index (Phi) is 5.66. The van der Waals surface area contributed by atoms with Gasteiger partial charge in [-0.05, 0) is 49.3 Å². The van der Waals surface area contributed by atoms with Crippen LogP contribution in [0.1, 0.15) is 75.8 Å². The molecule has 2 heterocycles. The standard InChI is InChI=1S/C22H31NO3/c24-22(10-4-8-17-6-2-1-3-7-17)23-13-5-9-19(23)18-11-12-20-21(16-18)26-15-14-25-20/h11-12,16-17,19H,1-10,13-15H2. The fourth-order valence-corrected chi connectivity index (χ4v) is 4.84. The van der Waals surface area contributed by atoms with Crippen LogP contribution in [0.3, 0.4) is 0 Å². The molecule has 0 aromatic heterocycles. The van der Waals surface area contributed by atoms with Gasteiger partial charge in [0, 0.05) is 13.0 Å². The van der Waals surface area contributed by atoms with Gasteiger partial charge in [-0.15, -0.1) is 0 Å². The zero-order valence-electron chi connectivity index (χ0n) is 15.8. The maximum Gasteiger partial charge on any atom is 0.223 e. The summed E-state index contributed by atoms with van der Waals surface area (Å²) in [5.74, 6) is 2.84. The Morgan fingerprint density at radius 3 is 2.65 bits per heavy atom. The average molecular weight is 357 g/mol. The van der Waals surface area contributed by atoms with Gasteiger partial charge in [-0.1, -0.05) is 38.2 Å². The quantitative estimate of drug-likeness (QED) is 0.754. The zero-order valence-corrected chi connectivity index (χ0v) is 15.8. The highest BCUT2D eigenvalue weighted by molar-refractivity contribution is 5.77. The van der Waals surface area contributed by atoms with Crippen molar-refractivity contribution in [3.63, 3.8) is 0 Å². The van der Waals surface area contributed by atoms with E-state index < -0.39 is 0 Å². The van der Waals surface area contributed by atoms with Gasteiger partial charge in [0.2, 0.25) is 5.91 Å². The van der Waals surface area contributed by atoms with E-state index in [2.05, 4.69) is 17.0 Å². The van der Waals surface area contributed by atoms with Gasteiger partial charge in [0.05, 0.1) is 6.04 Å². The molecule has 1 amide bonds. The van der Waals surface area contributed by atoms with Crippen molar-refractivity contribution in [3.05, 3.63) is 23.8 Å². The first kappa shape index (κ1) is 17.7. The van der Waals surface area contributed by atoms with E-state index in [0.717, 1.165) is 43.2 Å². The van der Waals surface area contributed by atoms with Crippen molar-refractivity contribution >= 4 is 5.91 Å². The van der Waals surface area contributed by atoms with Crippen LogP contribution in [0.25, 0.3) is 0 Å². The first-order valence-corrected chi connectivity index (χ1v) is 10.5. The number of carbonyl (C=O) groups excluding carboxylic acids is 1. The molecule has 2 fully saturated rings. The van der Waals surface area contributed by atoms with E-state index in [0.29, 0.717) is 25.5 Å². The molecular weight excluding hydrogens is 326 g/mol. The Balaban J connectivity index is 1.34. The highest BCUT2D eigenvalue weighted by Crippen LogP contribution is 2.38. The van der Waals surface area contributed by atoms with E-state index in [1.165, 1.54) is 44.1 Å². The number of amides is 1. The Bertz CT molecular complexity index is 624. The van der Waals surface area contributed by atoms with E-state index >= 15 is 0 Å². The highest BCUT2D eigenvalue weighted by atomic mass is 16.6. The number of nitrogens with zero attached hydrogens (tertiary/aromatic N) is 1. The minimum atomic E-state index is 0.202. The Morgan fingerprint density at radius 1 is 1.00 bits per heavy atom. The number of fused-ring (bicyclic) bond motifs is 1. The van der Waals surface area contributed by atoms with Crippen molar-refractivity contribution in [3.8, 4) is 11.5 Å². The van der Waals surface area contributed by atoms with Gasteiger partial charge in [-0.3, -0.25) is 4.79 Å². The van der Waals surface area contributed by atoms with Gasteiger partial charge in [0.1, 0.15) is 13.2 Å². The van der Waals surface area contributed by atoms with Gasteiger partial charge < -0.3 is 14.4 Å². The summed E-state index contributed by atoms with van der Waals surface area (Å²) < 4.78 is 11.3. The molecule has 0 spiro atoms. The molecule has 142 valence electrons. The van der Waals surface area contributed by atoms with E-state index in [4.69, 9.17) is 9.47 Å². The van der Waals surface area contributed by atoms with Crippen molar-refractivity contribution < 1.29 is 14.3 Å². The summed E-state index contributed by atoms with van der Waals surface area (Å²) in [6.45, 7) is 2.10. The van der Waals surface area contributed by atoms with E-state index in [-0.39, 0.29) is 6.04 Å². The summed E-state index contributed by atoms with van der Waals surface area (Å²) in [4.78, 5) is 14.9. The molecule has 1 atom stereocenters. The number of carbonyl (C=O) groups is 1. The topological polar surface area (TPSA) is 38.8 Å². The predicted octanol–water partition coefficient (Wildman–Crippen LogP) is 4.87. The molecule has 4 heteroatoms. The largest absolute Gasteiger partial charge is 0.486 e. The lowest BCUT2D eigenvalue weighted by molar-refractivity contribution is -0.132. The third-order valence-electron chi connectivity index (χ3n) is 6.25. The lowest BCUT2D eigenvalue weighted by Gasteiger charge is -2.27. The maximum atomic E-state index is 12.8. The molecule has 0 N–H and O–H groups in total. The molecular formula is C22H31NO3. The van der Waals surface area contributed by atoms with Crippen LogP contribution in [-0.2, 0) is 4.79 Å². The second-order valence-electron chi connectivity index (χ2n) is 8.04. The number of likely N-dealkylation sites (tertiary alicyclic amines) is 1. The molecule has 0 radical (unpaired) electrons. The number of hydrogen-bond acceptors (Lipinski definition) is 3. The summed E-state index contributed by atoms with van der Waals surface area (Å²) in [5, 5.41) is 0. The second kappa shape index (κ2) is 8.32. The van der Waals surface area contributed by atoms with Crippen molar-refractivity contribution in [2.45, 2.75) is 70.3 Å². The summed E-state index contributed by atoms with van der Waals surface area (Å²) in [7, 11) is 0. The number of ether oxygens (including phenoxy) is 2. The molecule has 1 aliphatic carbocycles. The van der Waals surface area contributed by atoms with Crippen LogP contribution in [-0.4, -0.2) is 30.6 Å². The Labute approximate surface area is 156 Å². The van der Waals surface area contributed by atoms with Crippen LogP contribution in [0.15, 0.2) is 18.2 Å². The number of rotatable bonds is 5. The van der Waals surface area contributed by atoms with Gasteiger partial charge >= 0.3 is 0 Å². The minimum Gasteiger partial charge on any atom is -0.486 e. The number of hydrogen-bond donors (Lipinski definition) is 0. The first-order valence-electron chi connectivity index (χ1n) is 10.5. The zero-order chi connectivity index (χ0) is 17.8. The molecule has 4 rings (SSSR count). The monoisotopic (exact) mass is 357 g/mol. The van der Waals surface area contributed by atoms with Crippen LogP contribution in [0.2, 0.25) is 0 Å². The SMILES string of the molecule is O=C(CCCC1CCCCC1)N1CCCC1c1ccc2c(c1)OCCO2. The predicted molar refractivity (Wildman–Crippen MR) is 102 cm³/mol. The Hall–Kier alpha value is -1.71. The fraction of sp³-hybridized carbons (Fsp3) is 0.682. The lowest BCUT2D eigenvalue weighted by Crippen LogP contribution is -2.30. The van der Waals surface area contributed by atoms with Crippen LogP contribution >= 0.6 is 0 Å². The highest BCUT2D eigenvalue weighted by Gasteiger charge is 2.30. The van der Waals surface area contributed by atoms with Crippen molar-refractivity contribution in [2.75, 3.05) is 19.8 Å². The molecule has 3 aliphatic rings. The summed E-state index contributed by atoms with van der Waals surface area (Å²) in [6.07, 6.45) is 12.0. The smallest absolute Gasteiger partial charge is 0.223 e. The maximum absolute atomic E-state index is 12.8. The normalized spacial score (nSPS) is 23.2. The molecule has 26 heavy (non-hydrogen) atoms. The molecule has 2 aliphatic heterocycles. The van der Waals surface area contributed by atoms with Crippen molar-refractivity contribution in [2.24, 2.45) is 5.92 Å². The van der Waals surface area contributed by atoms with Crippen LogP contribution in [0.5, 0.6) is 11.5 Å². The lowest BCUT2D eigenvalue weighted by atomic mass is 9.86. The second-order valence-corrected chi connectivity index (χ2v) is 8.04. The van der Waals surface area contributed by atoms with E-state index in [1.54, 1.807) is 0 Å². The third-order valence-corrected chi connectivity index (χ3v) is 6.25. The molecule has 1 saturated heterocycles. The van der Waals surface area contributed by atoms with Crippen LogP contribution in [0, 0.1) is 5.92 Å². The molecule has 1 unspecified atom stereocenters. The molecule has 4 nitrogen and oxygen atoms in total.